The molecule has 0 aromatic heterocycles. The van der Waals surface area contributed by atoms with Crippen molar-refractivity contribution in [1.82, 2.24) is 9.21 Å². The maximum Gasteiger partial charge on any atom is 0.511 e. The third-order valence-corrected chi connectivity index (χ3v) is 8.32. The van der Waals surface area contributed by atoms with E-state index in [0.717, 1.165) is 25.8 Å². The highest BCUT2D eigenvalue weighted by molar-refractivity contribution is 7.89. The molecule has 1 aliphatic carbocycles. The summed E-state index contributed by atoms with van der Waals surface area (Å²) in [5.74, 6) is 0.555. The van der Waals surface area contributed by atoms with Gasteiger partial charge in [0.1, 0.15) is 5.84 Å². The number of aliphatic imine (C=N–C) groups is 1. The van der Waals surface area contributed by atoms with E-state index < -0.39 is 28.1 Å². The summed E-state index contributed by atoms with van der Waals surface area (Å²) in [4.78, 5) is 6.28. The molecule has 2 aliphatic rings. The van der Waals surface area contributed by atoms with Crippen LogP contribution in [0.3, 0.4) is 0 Å². The Morgan fingerprint density at radius 2 is 1.85 bits per heavy atom. The van der Waals surface area contributed by atoms with E-state index in [1.54, 1.807) is 24.3 Å². The summed E-state index contributed by atoms with van der Waals surface area (Å²) in [6.45, 7) is 9.97. The third-order valence-electron chi connectivity index (χ3n) is 6.57. The Labute approximate surface area is 194 Å². The number of benzene rings is 1. The van der Waals surface area contributed by atoms with Gasteiger partial charge in [-0.05, 0) is 49.5 Å². The fourth-order valence-corrected chi connectivity index (χ4v) is 6.81. The average Bonchev–Trinajstić information content (AvgIpc) is 2.92. The Morgan fingerprint density at radius 1 is 1.24 bits per heavy atom. The molecule has 1 aromatic carbocycles. The second-order valence-electron chi connectivity index (χ2n) is 10.7. The van der Waals surface area contributed by atoms with E-state index in [9.17, 15) is 26.9 Å². The first kappa shape index (κ1) is 25.5. The third kappa shape index (κ3) is 5.19. The van der Waals surface area contributed by atoms with Gasteiger partial charge in [0.2, 0.25) is 6.19 Å². The molecule has 0 amide bonds. The van der Waals surface area contributed by atoms with E-state index in [4.69, 9.17) is 0 Å². The predicted molar refractivity (Wildman–Crippen MR) is 120 cm³/mol. The monoisotopic (exact) mass is 484 g/mol. The lowest BCUT2D eigenvalue weighted by molar-refractivity contribution is -0.0500. The first-order valence-electron chi connectivity index (χ1n) is 11.0. The quantitative estimate of drug-likeness (QED) is 0.339. The minimum absolute atomic E-state index is 0.131. The number of likely N-dealkylation sites (tertiary alicyclic amines) is 1. The smallest absolute Gasteiger partial charge is 0.352 e. The van der Waals surface area contributed by atoms with Crippen LogP contribution in [0, 0.1) is 22.3 Å². The van der Waals surface area contributed by atoms with Gasteiger partial charge in [-0.15, -0.1) is 0 Å². The van der Waals surface area contributed by atoms with Crippen molar-refractivity contribution in [1.29, 1.82) is 5.26 Å². The maximum atomic E-state index is 13.1. The number of fused-ring (bicyclic) bond motifs is 2. The topological polar surface area (TPSA) is 76.8 Å². The van der Waals surface area contributed by atoms with Crippen LogP contribution in [0.25, 0.3) is 0 Å². The molecule has 1 aliphatic heterocycles. The van der Waals surface area contributed by atoms with Crippen molar-refractivity contribution < 1.29 is 21.6 Å². The molecule has 10 heteroatoms. The molecule has 1 aromatic rings. The van der Waals surface area contributed by atoms with Crippen LogP contribution in [0.1, 0.15) is 65.0 Å². The lowest BCUT2D eigenvalue weighted by Gasteiger charge is -2.39. The largest absolute Gasteiger partial charge is 0.511 e. The molecule has 1 saturated carbocycles. The molecule has 2 bridgehead atoms. The molecule has 2 fully saturated rings. The van der Waals surface area contributed by atoms with Crippen molar-refractivity contribution in [2.24, 2.45) is 15.8 Å². The van der Waals surface area contributed by atoms with Crippen molar-refractivity contribution in [3.05, 3.63) is 35.4 Å². The molecule has 1 saturated heterocycles. The molecule has 0 radical (unpaired) electrons. The van der Waals surface area contributed by atoms with E-state index >= 15 is 0 Å². The van der Waals surface area contributed by atoms with Crippen LogP contribution in [0.2, 0.25) is 0 Å². The first-order chi connectivity index (χ1) is 15.1. The zero-order valence-electron chi connectivity index (χ0n) is 19.6. The number of hydrogen-bond acceptors (Lipinski definition) is 4. The van der Waals surface area contributed by atoms with Crippen LogP contribution in [-0.2, 0) is 16.6 Å². The lowest BCUT2D eigenvalue weighted by Crippen LogP contribution is -2.44. The molecular weight excluding hydrogens is 453 g/mol. The number of sulfonamides is 1. The Balaban J connectivity index is 1.86. The summed E-state index contributed by atoms with van der Waals surface area (Å²) < 4.78 is 63.6. The van der Waals surface area contributed by atoms with Crippen LogP contribution in [0.4, 0.5) is 13.2 Å². The Hall–Kier alpha value is -2.12. The minimum Gasteiger partial charge on any atom is -0.352 e. The van der Waals surface area contributed by atoms with Gasteiger partial charge in [-0.2, -0.15) is 27.7 Å². The summed E-state index contributed by atoms with van der Waals surface area (Å²) in [5.41, 5.74) is -3.93. The number of hydrogen-bond donors (Lipinski definition) is 0. The SMILES string of the molecule is CC(C)N(Cc1ccc(/C(=N/C#N)N2CC3(C)CC2CC(C)(C)C3)cc1)S(=O)(=O)C(F)(F)F. The fourth-order valence-electron chi connectivity index (χ4n) is 5.67. The molecule has 0 spiro atoms. The van der Waals surface area contributed by atoms with Gasteiger partial charge >= 0.3 is 15.5 Å². The molecule has 0 N–H and O–H groups in total. The lowest BCUT2D eigenvalue weighted by atomic mass is 9.65. The van der Waals surface area contributed by atoms with E-state index in [1.807, 2.05) is 6.19 Å². The molecule has 182 valence electrons. The molecule has 1 heterocycles. The number of nitrogens with zero attached hydrogens (tertiary/aromatic N) is 4. The second-order valence-corrected chi connectivity index (χ2v) is 12.5. The molecule has 3 rings (SSSR count). The van der Waals surface area contributed by atoms with Crippen LogP contribution in [0.5, 0.6) is 0 Å². The minimum atomic E-state index is -5.45. The highest BCUT2D eigenvalue weighted by Crippen LogP contribution is 2.52. The van der Waals surface area contributed by atoms with Gasteiger partial charge in [0, 0.05) is 30.7 Å². The van der Waals surface area contributed by atoms with Crippen molar-refractivity contribution >= 4 is 15.9 Å². The predicted octanol–water partition coefficient (Wildman–Crippen LogP) is 4.87. The summed E-state index contributed by atoms with van der Waals surface area (Å²) in [6, 6.07) is 5.98. The number of halogens is 3. The summed E-state index contributed by atoms with van der Waals surface area (Å²) in [5, 5.41) is 9.32. The molecule has 2 atom stereocenters. The molecule has 2 unspecified atom stereocenters. The highest BCUT2D eigenvalue weighted by atomic mass is 32.2. The van der Waals surface area contributed by atoms with E-state index in [2.05, 4.69) is 30.7 Å². The van der Waals surface area contributed by atoms with Gasteiger partial charge in [0.05, 0.1) is 0 Å². The van der Waals surface area contributed by atoms with Crippen LogP contribution < -0.4 is 0 Å². The normalized spacial score (nSPS) is 25.5. The fraction of sp³-hybridized carbons (Fsp3) is 0.652. The van der Waals surface area contributed by atoms with E-state index in [-0.39, 0.29) is 16.9 Å². The van der Waals surface area contributed by atoms with Crippen LogP contribution in [0.15, 0.2) is 29.3 Å². The van der Waals surface area contributed by atoms with Gasteiger partial charge in [0.25, 0.3) is 0 Å². The maximum absolute atomic E-state index is 13.1. The van der Waals surface area contributed by atoms with E-state index in [1.165, 1.54) is 13.8 Å². The second kappa shape index (κ2) is 8.58. The molecule has 33 heavy (non-hydrogen) atoms. The zero-order valence-corrected chi connectivity index (χ0v) is 20.5. The number of rotatable bonds is 5. The average molecular weight is 485 g/mol. The Morgan fingerprint density at radius 3 is 2.36 bits per heavy atom. The zero-order chi connectivity index (χ0) is 24.8. The standard InChI is InChI=1S/C23H31F3N4O2S/c1-16(2)30(33(31,32)23(24,25)26)12-17-6-8-18(9-7-17)20(28-15-27)29-14-22(5)11-19(29)10-21(3,4)13-22/h6-9,16,19H,10-14H2,1-5H3/b28-20-. The van der Waals surface area contributed by atoms with Crippen LogP contribution in [-0.4, -0.2) is 47.6 Å². The van der Waals surface area contributed by atoms with Crippen LogP contribution >= 0.6 is 0 Å². The Bertz CT molecular complexity index is 1060. The summed E-state index contributed by atoms with van der Waals surface area (Å²) in [7, 11) is -5.45. The Kier molecular flexibility index (Phi) is 6.63. The van der Waals surface area contributed by atoms with Gasteiger partial charge in [-0.25, -0.2) is 8.42 Å². The van der Waals surface area contributed by atoms with E-state index in [0.29, 0.717) is 21.3 Å². The number of nitriles is 1. The van der Waals surface area contributed by atoms with Gasteiger partial charge in [-0.3, -0.25) is 0 Å². The first-order valence-corrected chi connectivity index (χ1v) is 12.4. The van der Waals surface area contributed by atoms with Crippen molar-refractivity contribution in [2.45, 2.75) is 78.0 Å². The van der Waals surface area contributed by atoms with Gasteiger partial charge < -0.3 is 4.90 Å². The number of alkyl halides is 3. The number of amidine groups is 1. The van der Waals surface area contributed by atoms with Crippen molar-refractivity contribution in [2.75, 3.05) is 6.54 Å². The highest BCUT2D eigenvalue weighted by Gasteiger charge is 2.51. The van der Waals surface area contributed by atoms with Crippen molar-refractivity contribution in [3.63, 3.8) is 0 Å². The van der Waals surface area contributed by atoms with Crippen molar-refractivity contribution in [3.8, 4) is 6.19 Å². The summed E-state index contributed by atoms with van der Waals surface area (Å²) >= 11 is 0. The molecular formula is C23H31F3N4O2S. The molecule has 6 nitrogen and oxygen atoms in total. The van der Waals surface area contributed by atoms with Gasteiger partial charge in [-0.1, -0.05) is 45.0 Å². The van der Waals surface area contributed by atoms with Gasteiger partial charge in [0.15, 0.2) is 0 Å². The summed E-state index contributed by atoms with van der Waals surface area (Å²) in [6.07, 6.45) is 4.99.